The first-order valence-electron chi connectivity index (χ1n) is 13.9. The number of urea groups is 1. The number of thiazole rings is 1. The van der Waals surface area contributed by atoms with Crippen LogP contribution >= 0.6 is 46.3 Å². The van der Waals surface area contributed by atoms with Gasteiger partial charge in [0.05, 0.1) is 23.7 Å². The fourth-order valence-corrected chi connectivity index (χ4v) is 7.68. The Bertz CT molecular complexity index is 1910. The number of β-lactam (4-membered cyclic amide) rings is 1. The number of carbonyl (C=O) groups is 7. The van der Waals surface area contributed by atoms with Gasteiger partial charge in [-0.15, -0.1) is 0 Å². The summed E-state index contributed by atoms with van der Waals surface area (Å²) >= 11 is 13.4. The van der Waals surface area contributed by atoms with E-state index in [4.69, 9.17) is 33.8 Å². The van der Waals surface area contributed by atoms with E-state index in [9.17, 15) is 54.0 Å². The number of aromatic hydroxyl groups is 2. The van der Waals surface area contributed by atoms with Gasteiger partial charge in [-0.05, 0) is 26.0 Å². The molecular formula is C26H24Cl2N8O12S2. The predicted octanol–water partition coefficient (Wildman–Crippen LogP) is -0.140. The summed E-state index contributed by atoms with van der Waals surface area (Å²) in [6, 6.07) is -0.509. The van der Waals surface area contributed by atoms with Gasteiger partial charge in [0, 0.05) is 6.54 Å². The number of nitrogens with zero attached hydrogens (tertiary/aromatic N) is 5. The van der Waals surface area contributed by atoms with Crippen molar-refractivity contribution in [2.45, 2.75) is 35.7 Å². The fraction of sp³-hybridized carbons (Fsp3) is 0.346. The van der Waals surface area contributed by atoms with Crippen LogP contribution in [0.25, 0.3) is 0 Å². The number of anilines is 1. The Balaban J connectivity index is 1.32. The Morgan fingerprint density at radius 3 is 2.40 bits per heavy atom. The van der Waals surface area contributed by atoms with Gasteiger partial charge >= 0.3 is 23.9 Å². The molecule has 3 aliphatic rings. The minimum absolute atomic E-state index is 0.0696. The maximum atomic E-state index is 13.4. The number of benzene rings is 1. The molecule has 266 valence electrons. The molecule has 4 heterocycles. The Kier molecular flexibility index (Phi) is 9.42. The number of hydrogen-bond acceptors (Lipinski definition) is 15. The van der Waals surface area contributed by atoms with Gasteiger partial charge in [-0.2, -0.15) is 0 Å². The zero-order valence-corrected chi connectivity index (χ0v) is 28.5. The Morgan fingerprint density at radius 1 is 1.12 bits per heavy atom. The minimum atomic E-state index is -2.11. The predicted molar refractivity (Wildman–Crippen MR) is 172 cm³/mol. The summed E-state index contributed by atoms with van der Waals surface area (Å²) in [6.45, 7) is 1.21. The van der Waals surface area contributed by atoms with Crippen LogP contribution < -0.4 is 16.5 Å². The summed E-state index contributed by atoms with van der Waals surface area (Å²) in [4.78, 5) is 98.5. The number of halogens is 2. The molecule has 0 unspecified atom stereocenters. The summed E-state index contributed by atoms with van der Waals surface area (Å²) in [5.74, 6) is -8.93. The molecule has 8 N–H and O–H groups in total. The number of ketones is 1. The molecule has 3 saturated heterocycles. The van der Waals surface area contributed by atoms with Crippen LogP contribution in [0.1, 0.15) is 29.9 Å². The smallest absolute Gasteiger partial charge is 0.350 e. The Morgan fingerprint density at radius 2 is 1.80 bits per heavy atom. The number of phenolic OH excluding ortho intramolecular Hbond substituents is 2. The van der Waals surface area contributed by atoms with Crippen molar-refractivity contribution >= 4 is 98.6 Å². The highest BCUT2D eigenvalue weighted by Crippen LogP contribution is 2.49. The first-order valence-corrected chi connectivity index (χ1v) is 16.3. The van der Waals surface area contributed by atoms with E-state index in [1.807, 2.05) is 0 Å². The SMILES string of the molecule is CC(C)(O/N=C(\C(=O)N[C@@H]1C(=O)N2C[C@@](C(=O)O)(N3CCN(NC(=O)C(=O)c4ccc(O)c(O)c4Cl)C3=O)S[C@H]12)c1nc(N)sc1Cl)C(=O)O. The number of Topliss-reactive ketones (excluding diaryl/α,β-unsaturated/α-hetero) is 1. The highest BCUT2D eigenvalue weighted by Gasteiger charge is 2.66. The van der Waals surface area contributed by atoms with Crippen molar-refractivity contribution in [1.29, 1.82) is 0 Å². The highest BCUT2D eigenvalue weighted by atomic mass is 35.5. The number of hydrazine groups is 1. The highest BCUT2D eigenvalue weighted by molar-refractivity contribution is 8.02. The Labute approximate surface area is 297 Å². The zero-order chi connectivity index (χ0) is 37.0. The van der Waals surface area contributed by atoms with Crippen LogP contribution in [0.3, 0.4) is 0 Å². The molecule has 3 aliphatic heterocycles. The molecule has 5 amide bonds. The first kappa shape index (κ1) is 36.2. The lowest BCUT2D eigenvalue weighted by molar-refractivity contribution is -0.161. The molecule has 50 heavy (non-hydrogen) atoms. The molecule has 0 bridgehead atoms. The molecule has 0 saturated carbocycles. The van der Waals surface area contributed by atoms with E-state index in [1.54, 1.807) is 0 Å². The number of thioether (sulfide) groups is 1. The molecule has 1 aromatic heterocycles. The van der Waals surface area contributed by atoms with Crippen LogP contribution in [-0.4, -0.2) is 129 Å². The van der Waals surface area contributed by atoms with Crippen molar-refractivity contribution in [1.82, 2.24) is 30.5 Å². The number of hydrogen-bond donors (Lipinski definition) is 7. The number of nitrogens with two attached hydrogens (primary N) is 1. The number of carbonyl (C=O) groups excluding carboxylic acids is 5. The van der Waals surface area contributed by atoms with E-state index in [0.717, 1.165) is 47.1 Å². The van der Waals surface area contributed by atoms with E-state index in [0.29, 0.717) is 16.8 Å². The third-order valence-electron chi connectivity index (χ3n) is 7.61. The van der Waals surface area contributed by atoms with Gasteiger partial charge in [-0.25, -0.2) is 24.4 Å². The van der Waals surface area contributed by atoms with Crippen molar-refractivity contribution in [3.63, 3.8) is 0 Å². The van der Waals surface area contributed by atoms with E-state index >= 15 is 0 Å². The van der Waals surface area contributed by atoms with Crippen molar-refractivity contribution in [2.24, 2.45) is 5.16 Å². The summed E-state index contributed by atoms with van der Waals surface area (Å²) < 4.78 is -0.106. The van der Waals surface area contributed by atoms with Crippen LogP contribution in [0.15, 0.2) is 17.3 Å². The quantitative estimate of drug-likeness (QED) is 0.0390. The topological polar surface area (TPSA) is 295 Å². The molecular weight excluding hydrogens is 751 g/mol. The first-order chi connectivity index (χ1) is 23.3. The third-order valence-corrected chi connectivity index (χ3v) is 10.8. The molecule has 3 fully saturated rings. The molecule has 0 radical (unpaired) electrons. The fourth-order valence-electron chi connectivity index (χ4n) is 4.87. The van der Waals surface area contributed by atoms with Gasteiger partial charge in [0.1, 0.15) is 21.4 Å². The van der Waals surface area contributed by atoms with Crippen LogP contribution in [0, 0.1) is 0 Å². The number of carboxylic acid groups (broad SMARTS) is 2. The average molecular weight is 776 g/mol. The van der Waals surface area contributed by atoms with Crippen LogP contribution in [-0.2, 0) is 28.8 Å². The van der Waals surface area contributed by atoms with Gasteiger partial charge in [0.15, 0.2) is 22.3 Å². The molecule has 1 aromatic carbocycles. The molecule has 3 atom stereocenters. The number of oxime groups is 1. The Hall–Kier alpha value is -5.06. The maximum absolute atomic E-state index is 13.4. The van der Waals surface area contributed by atoms with Gasteiger partial charge in [-0.1, -0.05) is 51.5 Å². The number of phenols is 2. The number of carboxylic acids is 2. The molecule has 0 aliphatic carbocycles. The monoisotopic (exact) mass is 774 g/mol. The van der Waals surface area contributed by atoms with Crippen molar-refractivity contribution < 1.29 is 58.8 Å². The number of fused-ring (bicyclic) bond motifs is 1. The van der Waals surface area contributed by atoms with E-state index in [2.05, 4.69) is 20.9 Å². The lowest BCUT2D eigenvalue weighted by atomic mass is 10.1. The van der Waals surface area contributed by atoms with Gasteiger partial charge in [0.2, 0.25) is 16.4 Å². The minimum Gasteiger partial charge on any atom is -0.504 e. The summed E-state index contributed by atoms with van der Waals surface area (Å²) in [5, 5.41) is 44.0. The molecule has 20 nitrogen and oxygen atoms in total. The molecule has 24 heteroatoms. The summed E-state index contributed by atoms with van der Waals surface area (Å²) in [6.07, 6.45) is 0. The van der Waals surface area contributed by atoms with Crippen LogP contribution in [0.4, 0.5) is 9.93 Å². The second kappa shape index (κ2) is 13.0. The number of nitrogens with one attached hydrogen (secondary N) is 2. The van der Waals surface area contributed by atoms with Gasteiger partial charge in [0.25, 0.3) is 11.7 Å². The number of aliphatic carboxylic acids is 2. The molecule has 2 aromatic rings. The van der Waals surface area contributed by atoms with Crippen LogP contribution in [0.5, 0.6) is 11.5 Å². The van der Waals surface area contributed by atoms with Gasteiger partial charge in [-0.3, -0.25) is 29.5 Å². The molecule has 0 spiro atoms. The number of nitrogen functional groups attached to an aromatic ring is 1. The number of rotatable bonds is 11. The summed E-state index contributed by atoms with van der Waals surface area (Å²) in [7, 11) is 0. The van der Waals surface area contributed by atoms with Crippen molar-refractivity contribution in [2.75, 3.05) is 25.4 Å². The van der Waals surface area contributed by atoms with E-state index < -0.39 is 97.7 Å². The standard InChI is InChI=1S/C26H24Cl2N8O12S2/c1-25(2,21(43)44)48-33-12(11-16(28)49-23(29)31-11)17(40)30-13-19(42)34-7-26(22(45)46,50-20(13)34)35-5-6-36(24(35)47)32-18(41)14(38)8-3-4-9(37)15(39)10(8)27/h3-4,13,20,37,39H,5-7H2,1-2H3,(H2,29,31)(H,30,40)(H,32,41)(H,43,44)(H,45,46)/b33-12-/t13-,20-,26-/m1/s1. The van der Waals surface area contributed by atoms with Gasteiger partial charge < -0.3 is 41.2 Å². The lowest BCUT2D eigenvalue weighted by Crippen LogP contribution is -2.68. The second-order valence-electron chi connectivity index (χ2n) is 11.2. The third kappa shape index (κ3) is 6.14. The maximum Gasteiger partial charge on any atom is 0.350 e. The zero-order valence-electron chi connectivity index (χ0n) is 25.4. The normalized spacial score (nSPS) is 21.8. The van der Waals surface area contributed by atoms with E-state index in [-0.39, 0.29) is 28.3 Å². The number of aromatic nitrogens is 1. The van der Waals surface area contributed by atoms with Crippen molar-refractivity contribution in [3.8, 4) is 11.5 Å². The molecule has 5 rings (SSSR count). The lowest BCUT2D eigenvalue weighted by Gasteiger charge is -2.41. The van der Waals surface area contributed by atoms with E-state index in [1.165, 1.54) is 0 Å². The number of amides is 5. The van der Waals surface area contributed by atoms with Crippen LogP contribution in [0.2, 0.25) is 9.36 Å². The second-order valence-corrected chi connectivity index (χ2v) is 14.6. The largest absolute Gasteiger partial charge is 0.504 e. The summed E-state index contributed by atoms with van der Waals surface area (Å²) in [5.41, 5.74) is 4.45. The van der Waals surface area contributed by atoms with Crippen molar-refractivity contribution in [3.05, 3.63) is 32.7 Å². The average Bonchev–Trinajstić information content (AvgIpc) is 3.71.